The topological polar surface area (TPSA) is 93.9 Å². The van der Waals surface area contributed by atoms with Gasteiger partial charge in [0.05, 0.1) is 32.8 Å². The largest absolute Gasteiger partial charge is 0.493 e. The lowest BCUT2D eigenvalue weighted by Gasteiger charge is -2.35. The molecule has 2 aromatic rings. The number of carbonyl (C=O) groups excluding carboxylic acids is 2. The summed E-state index contributed by atoms with van der Waals surface area (Å²) in [6, 6.07) is 6.03. The van der Waals surface area contributed by atoms with Gasteiger partial charge < -0.3 is 24.1 Å². The van der Waals surface area contributed by atoms with Gasteiger partial charge in [-0.25, -0.2) is 4.98 Å². The van der Waals surface area contributed by atoms with E-state index in [1.807, 2.05) is 6.07 Å². The van der Waals surface area contributed by atoms with Crippen molar-refractivity contribution in [2.24, 2.45) is 0 Å². The third kappa shape index (κ3) is 6.82. The van der Waals surface area contributed by atoms with Gasteiger partial charge in [0.25, 0.3) is 0 Å². The zero-order chi connectivity index (χ0) is 24.5. The number of methoxy groups -OCH3 is 2. The van der Waals surface area contributed by atoms with Crippen LogP contribution in [0.15, 0.2) is 22.6 Å². The quantitative estimate of drug-likeness (QED) is 0.370. The number of hydrogen-bond acceptors (Lipinski definition) is 7. The van der Waals surface area contributed by atoms with E-state index in [1.165, 1.54) is 25.7 Å². The number of oxazole rings is 1. The molecular formula is C26H37N3O5. The Morgan fingerprint density at radius 1 is 1.21 bits per heavy atom. The highest BCUT2D eigenvalue weighted by atomic mass is 16.5. The fraction of sp³-hybridized carbons (Fsp3) is 0.577. The molecule has 1 aliphatic heterocycles. The second kappa shape index (κ2) is 12.6. The van der Waals surface area contributed by atoms with Crippen LogP contribution >= 0.6 is 0 Å². The van der Waals surface area contributed by atoms with Crippen LogP contribution in [0.1, 0.15) is 56.9 Å². The van der Waals surface area contributed by atoms with Crippen LogP contribution in [-0.4, -0.2) is 61.5 Å². The molecule has 34 heavy (non-hydrogen) atoms. The van der Waals surface area contributed by atoms with Gasteiger partial charge in [-0.3, -0.25) is 9.59 Å². The number of nitrogens with one attached hydrogen (secondary N) is 1. The Morgan fingerprint density at radius 2 is 2.00 bits per heavy atom. The number of piperidine rings is 1. The molecule has 186 valence electrons. The maximum atomic E-state index is 12.5. The molecule has 1 unspecified atom stereocenters. The number of aromatic nitrogens is 1. The molecule has 0 aliphatic carbocycles. The van der Waals surface area contributed by atoms with Gasteiger partial charge in [-0.15, -0.1) is 0 Å². The standard InChI is InChI=1S/C26H37N3O5/c1-5-20-9-6-7-13-29(20)14-8-12-27-25(31)17-21(30)16-22-18(2)34-26(28-22)19-10-11-23(32-3)24(15-19)33-4/h10-11,15,20H,5-9,12-14,16-17H2,1-4H3,(H,27,31). The van der Waals surface area contributed by atoms with Crippen molar-refractivity contribution in [3.63, 3.8) is 0 Å². The number of ether oxygens (including phenoxy) is 2. The molecule has 0 radical (unpaired) electrons. The maximum Gasteiger partial charge on any atom is 0.227 e. The number of carbonyl (C=O) groups is 2. The first-order valence-electron chi connectivity index (χ1n) is 12.2. The van der Waals surface area contributed by atoms with Crippen molar-refractivity contribution in [1.29, 1.82) is 0 Å². The molecule has 1 N–H and O–H groups in total. The van der Waals surface area contributed by atoms with Gasteiger partial charge in [0, 0.05) is 24.7 Å². The van der Waals surface area contributed by atoms with Crippen molar-refractivity contribution in [2.45, 2.75) is 64.8 Å². The number of rotatable bonds is 12. The van der Waals surface area contributed by atoms with Crippen molar-refractivity contribution in [1.82, 2.24) is 15.2 Å². The van der Waals surface area contributed by atoms with Crippen molar-refractivity contribution >= 4 is 11.7 Å². The smallest absolute Gasteiger partial charge is 0.227 e. The first-order chi connectivity index (χ1) is 16.4. The number of Topliss-reactive ketones (excluding diaryl/α,β-unsaturated/α-hetero) is 1. The summed E-state index contributed by atoms with van der Waals surface area (Å²) in [5, 5.41) is 2.88. The van der Waals surface area contributed by atoms with Crippen LogP contribution in [0.4, 0.5) is 0 Å². The summed E-state index contributed by atoms with van der Waals surface area (Å²) in [7, 11) is 3.14. The summed E-state index contributed by atoms with van der Waals surface area (Å²) >= 11 is 0. The monoisotopic (exact) mass is 471 g/mol. The van der Waals surface area contributed by atoms with Crippen LogP contribution in [0.2, 0.25) is 0 Å². The fourth-order valence-electron chi connectivity index (χ4n) is 4.50. The maximum absolute atomic E-state index is 12.5. The molecule has 1 aliphatic rings. The van der Waals surface area contributed by atoms with Gasteiger partial charge in [0.1, 0.15) is 11.5 Å². The molecular weight excluding hydrogens is 434 g/mol. The van der Waals surface area contributed by atoms with Crippen LogP contribution in [0.3, 0.4) is 0 Å². The van der Waals surface area contributed by atoms with E-state index >= 15 is 0 Å². The van der Waals surface area contributed by atoms with Gasteiger partial charge in [-0.05, 0) is 57.4 Å². The van der Waals surface area contributed by atoms with Gasteiger partial charge in [-0.1, -0.05) is 13.3 Å². The van der Waals surface area contributed by atoms with Crippen LogP contribution in [0.5, 0.6) is 11.5 Å². The molecule has 8 heteroatoms. The Labute approximate surface area is 202 Å². The SMILES string of the molecule is CCC1CCCCN1CCCNC(=O)CC(=O)Cc1nc(-c2ccc(OC)c(OC)c2)oc1C. The normalized spacial score (nSPS) is 16.3. The zero-order valence-corrected chi connectivity index (χ0v) is 20.8. The lowest BCUT2D eigenvalue weighted by atomic mass is 10.00. The minimum absolute atomic E-state index is 0.0575. The Morgan fingerprint density at radius 3 is 2.74 bits per heavy atom. The number of hydrogen-bond donors (Lipinski definition) is 1. The van der Waals surface area contributed by atoms with E-state index in [0.717, 1.165) is 25.1 Å². The molecule has 1 aromatic carbocycles. The molecule has 1 atom stereocenters. The lowest BCUT2D eigenvalue weighted by Crippen LogP contribution is -2.40. The molecule has 0 bridgehead atoms. The van der Waals surface area contributed by atoms with Crippen molar-refractivity contribution < 1.29 is 23.5 Å². The summed E-state index contributed by atoms with van der Waals surface area (Å²) in [5.74, 6) is 1.71. The molecule has 1 fully saturated rings. The van der Waals surface area contributed by atoms with Crippen LogP contribution in [0, 0.1) is 6.92 Å². The Balaban J connectivity index is 1.46. The van der Waals surface area contributed by atoms with E-state index in [4.69, 9.17) is 13.9 Å². The number of benzene rings is 1. The Kier molecular flexibility index (Phi) is 9.51. The minimum atomic E-state index is -0.239. The first kappa shape index (κ1) is 25.7. The molecule has 2 heterocycles. The molecule has 1 saturated heterocycles. The molecule has 0 spiro atoms. The number of ketones is 1. The van der Waals surface area contributed by atoms with Crippen molar-refractivity contribution in [2.75, 3.05) is 33.9 Å². The first-order valence-corrected chi connectivity index (χ1v) is 12.2. The van der Waals surface area contributed by atoms with Crippen LogP contribution < -0.4 is 14.8 Å². The summed E-state index contributed by atoms with van der Waals surface area (Å²) in [6.07, 6.45) is 5.82. The van der Waals surface area contributed by atoms with Crippen LogP contribution in [-0.2, 0) is 16.0 Å². The third-order valence-electron chi connectivity index (χ3n) is 6.41. The summed E-state index contributed by atoms with van der Waals surface area (Å²) in [6.45, 7) is 6.73. The summed E-state index contributed by atoms with van der Waals surface area (Å²) in [5.41, 5.74) is 1.26. The average molecular weight is 472 g/mol. The average Bonchev–Trinajstić information content (AvgIpc) is 3.21. The minimum Gasteiger partial charge on any atom is -0.493 e. The predicted molar refractivity (Wildman–Crippen MR) is 130 cm³/mol. The molecule has 3 rings (SSSR count). The summed E-state index contributed by atoms with van der Waals surface area (Å²) in [4.78, 5) is 31.7. The molecule has 8 nitrogen and oxygen atoms in total. The van der Waals surface area contributed by atoms with E-state index in [9.17, 15) is 9.59 Å². The van der Waals surface area contributed by atoms with Gasteiger partial charge >= 0.3 is 0 Å². The van der Waals surface area contributed by atoms with Crippen molar-refractivity contribution in [3.8, 4) is 23.0 Å². The third-order valence-corrected chi connectivity index (χ3v) is 6.41. The van der Waals surface area contributed by atoms with Crippen LogP contribution in [0.25, 0.3) is 11.5 Å². The number of amides is 1. The highest BCUT2D eigenvalue weighted by Crippen LogP contribution is 2.32. The highest BCUT2D eigenvalue weighted by Gasteiger charge is 2.20. The van der Waals surface area contributed by atoms with Gasteiger partial charge in [0.2, 0.25) is 11.8 Å². The van der Waals surface area contributed by atoms with E-state index in [2.05, 4.69) is 22.1 Å². The van der Waals surface area contributed by atoms with E-state index < -0.39 is 0 Å². The highest BCUT2D eigenvalue weighted by molar-refractivity contribution is 5.98. The summed E-state index contributed by atoms with van der Waals surface area (Å²) < 4.78 is 16.4. The molecule has 0 saturated carbocycles. The second-order valence-corrected chi connectivity index (χ2v) is 8.78. The Bertz CT molecular complexity index is 971. The Hall–Kier alpha value is -2.87. The zero-order valence-electron chi connectivity index (χ0n) is 20.8. The lowest BCUT2D eigenvalue weighted by molar-refractivity contribution is -0.127. The second-order valence-electron chi connectivity index (χ2n) is 8.78. The number of nitrogens with zero attached hydrogens (tertiary/aromatic N) is 2. The number of aryl methyl sites for hydroxylation is 1. The van der Waals surface area contributed by atoms with Crippen molar-refractivity contribution in [3.05, 3.63) is 29.7 Å². The van der Waals surface area contributed by atoms with Gasteiger partial charge in [-0.2, -0.15) is 0 Å². The predicted octanol–water partition coefficient (Wildman–Crippen LogP) is 3.94. The molecule has 1 amide bonds. The van der Waals surface area contributed by atoms with E-state index in [0.29, 0.717) is 41.4 Å². The fourth-order valence-corrected chi connectivity index (χ4v) is 4.50. The van der Waals surface area contributed by atoms with Gasteiger partial charge in [0.15, 0.2) is 11.5 Å². The number of likely N-dealkylation sites (tertiary alicyclic amines) is 1. The van der Waals surface area contributed by atoms with E-state index in [-0.39, 0.29) is 24.5 Å². The van der Waals surface area contributed by atoms with E-state index in [1.54, 1.807) is 33.3 Å². The molecule has 1 aromatic heterocycles.